The molecule has 1 atom stereocenters. The summed E-state index contributed by atoms with van der Waals surface area (Å²) in [4.78, 5) is 0. The number of ether oxygens (including phenoxy) is 1. The average Bonchev–Trinajstić information content (AvgIpc) is 2.46. The minimum absolute atomic E-state index is 0.468. The minimum Gasteiger partial charge on any atom is -0.489 e. The molecule has 0 amide bonds. The first kappa shape index (κ1) is 14.9. The molecule has 2 rings (SSSR count). The highest BCUT2D eigenvalue weighted by Crippen LogP contribution is 2.25. The van der Waals surface area contributed by atoms with Crippen molar-refractivity contribution in [3.05, 3.63) is 58.1 Å². The summed E-state index contributed by atoms with van der Waals surface area (Å²) >= 11 is 3.50. The zero-order valence-electron chi connectivity index (χ0n) is 11.9. The molecule has 0 fully saturated rings. The van der Waals surface area contributed by atoms with Crippen LogP contribution in [-0.4, -0.2) is 0 Å². The van der Waals surface area contributed by atoms with Crippen molar-refractivity contribution in [2.75, 3.05) is 5.73 Å². The van der Waals surface area contributed by atoms with E-state index in [0.29, 0.717) is 12.5 Å². The molecule has 0 saturated heterocycles. The molecule has 2 nitrogen and oxygen atoms in total. The summed E-state index contributed by atoms with van der Waals surface area (Å²) in [6.07, 6.45) is 1.15. The third-order valence-electron chi connectivity index (χ3n) is 3.60. The number of halogens is 1. The predicted molar refractivity (Wildman–Crippen MR) is 88.0 cm³/mol. The first-order chi connectivity index (χ1) is 9.61. The van der Waals surface area contributed by atoms with Crippen LogP contribution in [0.3, 0.4) is 0 Å². The van der Waals surface area contributed by atoms with Crippen LogP contribution in [0.15, 0.2) is 46.9 Å². The zero-order chi connectivity index (χ0) is 14.5. The van der Waals surface area contributed by atoms with Crippen LogP contribution in [0.1, 0.15) is 37.3 Å². The van der Waals surface area contributed by atoms with Gasteiger partial charge in [0.15, 0.2) is 0 Å². The van der Waals surface area contributed by atoms with Crippen LogP contribution in [-0.2, 0) is 6.61 Å². The Bertz CT molecular complexity index is 545. The van der Waals surface area contributed by atoms with Crippen LogP contribution in [0, 0.1) is 0 Å². The van der Waals surface area contributed by atoms with E-state index in [2.05, 4.69) is 41.9 Å². The van der Waals surface area contributed by atoms with E-state index in [0.717, 1.165) is 27.9 Å². The van der Waals surface area contributed by atoms with Gasteiger partial charge in [0.05, 0.1) is 0 Å². The monoisotopic (exact) mass is 333 g/mol. The van der Waals surface area contributed by atoms with Crippen molar-refractivity contribution in [2.45, 2.75) is 32.8 Å². The summed E-state index contributed by atoms with van der Waals surface area (Å²) in [5.74, 6) is 1.45. The van der Waals surface area contributed by atoms with Gasteiger partial charge in [0, 0.05) is 15.7 Å². The Labute approximate surface area is 129 Å². The lowest BCUT2D eigenvalue weighted by Gasteiger charge is -2.12. The number of rotatable bonds is 5. The van der Waals surface area contributed by atoms with Crippen molar-refractivity contribution < 1.29 is 4.74 Å². The number of hydrogen-bond acceptors (Lipinski definition) is 2. The molecule has 0 aliphatic carbocycles. The van der Waals surface area contributed by atoms with Crippen molar-refractivity contribution in [1.29, 1.82) is 0 Å². The van der Waals surface area contributed by atoms with Crippen LogP contribution in [0.5, 0.6) is 5.75 Å². The molecule has 106 valence electrons. The Kier molecular flexibility index (Phi) is 5.07. The molecule has 0 radical (unpaired) electrons. The normalized spacial score (nSPS) is 12.2. The number of hydrogen-bond donors (Lipinski definition) is 1. The van der Waals surface area contributed by atoms with E-state index in [4.69, 9.17) is 10.5 Å². The van der Waals surface area contributed by atoms with E-state index in [1.807, 2.05) is 30.3 Å². The van der Waals surface area contributed by atoms with Gasteiger partial charge >= 0.3 is 0 Å². The topological polar surface area (TPSA) is 35.2 Å². The molecule has 0 aromatic heterocycles. The zero-order valence-corrected chi connectivity index (χ0v) is 13.5. The lowest BCUT2D eigenvalue weighted by molar-refractivity contribution is 0.306. The molecule has 0 heterocycles. The molecule has 2 aromatic carbocycles. The van der Waals surface area contributed by atoms with E-state index in [1.165, 1.54) is 5.56 Å². The summed E-state index contributed by atoms with van der Waals surface area (Å²) in [6.45, 7) is 4.90. The SMILES string of the molecule is CCC(C)c1ccc(OCc2c(N)cccc2Br)cc1. The second kappa shape index (κ2) is 6.80. The Hall–Kier alpha value is -1.48. The van der Waals surface area contributed by atoms with Gasteiger partial charge in [-0.25, -0.2) is 0 Å². The second-order valence-electron chi connectivity index (χ2n) is 4.97. The highest BCUT2D eigenvalue weighted by Gasteiger charge is 2.06. The number of benzene rings is 2. The van der Waals surface area contributed by atoms with Gasteiger partial charge in [0.25, 0.3) is 0 Å². The second-order valence-corrected chi connectivity index (χ2v) is 5.83. The molecule has 3 heteroatoms. The Morgan fingerprint density at radius 1 is 1.15 bits per heavy atom. The molecular formula is C17H20BrNO. The fraction of sp³-hybridized carbons (Fsp3) is 0.294. The van der Waals surface area contributed by atoms with E-state index in [1.54, 1.807) is 0 Å². The third-order valence-corrected chi connectivity index (χ3v) is 4.34. The third kappa shape index (κ3) is 3.54. The van der Waals surface area contributed by atoms with Crippen molar-refractivity contribution >= 4 is 21.6 Å². The Morgan fingerprint density at radius 3 is 2.45 bits per heavy atom. The number of nitrogens with two attached hydrogens (primary N) is 1. The molecule has 0 saturated carbocycles. The van der Waals surface area contributed by atoms with E-state index in [-0.39, 0.29) is 0 Å². The molecule has 0 aliphatic rings. The standard InChI is InChI=1S/C17H20BrNO/c1-3-12(2)13-7-9-14(10-8-13)20-11-15-16(18)5-4-6-17(15)19/h4-10,12H,3,11,19H2,1-2H3. The van der Waals surface area contributed by atoms with Crippen LogP contribution < -0.4 is 10.5 Å². The summed E-state index contributed by atoms with van der Waals surface area (Å²) in [5, 5.41) is 0. The molecule has 0 spiro atoms. The Morgan fingerprint density at radius 2 is 1.85 bits per heavy atom. The highest BCUT2D eigenvalue weighted by atomic mass is 79.9. The van der Waals surface area contributed by atoms with Gasteiger partial charge in [0.1, 0.15) is 12.4 Å². The maximum absolute atomic E-state index is 5.96. The van der Waals surface area contributed by atoms with Gasteiger partial charge < -0.3 is 10.5 Å². The first-order valence-electron chi connectivity index (χ1n) is 6.87. The van der Waals surface area contributed by atoms with E-state index < -0.39 is 0 Å². The van der Waals surface area contributed by atoms with Gasteiger partial charge in [-0.05, 0) is 42.2 Å². The molecule has 2 aromatic rings. The van der Waals surface area contributed by atoms with Gasteiger partial charge in [-0.15, -0.1) is 0 Å². The lowest BCUT2D eigenvalue weighted by Crippen LogP contribution is -2.01. The smallest absolute Gasteiger partial charge is 0.119 e. The minimum atomic E-state index is 0.468. The van der Waals surface area contributed by atoms with Crippen molar-refractivity contribution in [2.24, 2.45) is 0 Å². The number of anilines is 1. The van der Waals surface area contributed by atoms with Gasteiger partial charge in [-0.2, -0.15) is 0 Å². The Balaban J connectivity index is 2.04. The molecule has 20 heavy (non-hydrogen) atoms. The van der Waals surface area contributed by atoms with E-state index >= 15 is 0 Å². The molecule has 0 bridgehead atoms. The van der Waals surface area contributed by atoms with Crippen LogP contribution >= 0.6 is 15.9 Å². The molecule has 2 N–H and O–H groups in total. The van der Waals surface area contributed by atoms with Crippen molar-refractivity contribution in [3.63, 3.8) is 0 Å². The number of nitrogen functional groups attached to an aromatic ring is 1. The molecule has 1 unspecified atom stereocenters. The van der Waals surface area contributed by atoms with Crippen molar-refractivity contribution in [3.8, 4) is 5.75 Å². The average molecular weight is 334 g/mol. The summed E-state index contributed by atoms with van der Waals surface area (Å²) < 4.78 is 6.79. The molecular weight excluding hydrogens is 314 g/mol. The molecule has 0 aliphatic heterocycles. The van der Waals surface area contributed by atoms with Crippen molar-refractivity contribution in [1.82, 2.24) is 0 Å². The summed E-state index contributed by atoms with van der Waals surface area (Å²) in [5.41, 5.74) is 9.04. The summed E-state index contributed by atoms with van der Waals surface area (Å²) in [6, 6.07) is 14.1. The quantitative estimate of drug-likeness (QED) is 0.770. The fourth-order valence-electron chi connectivity index (χ4n) is 2.01. The van der Waals surface area contributed by atoms with Gasteiger partial charge in [0.2, 0.25) is 0 Å². The van der Waals surface area contributed by atoms with Gasteiger partial charge in [-0.1, -0.05) is 48.0 Å². The first-order valence-corrected chi connectivity index (χ1v) is 7.66. The van der Waals surface area contributed by atoms with Crippen LogP contribution in [0.25, 0.3) is 0 Å². The van der Waals surface area contributed by atoms with Crippen LogP contribution in [0.4, 0.5) is 5.69 Å². The fourth-order valence-corrected chi connectivity index (χ4v) is 2.51. The maximum atomic E-state index is 5.96. The highest BCUT2D eigenvalue weighted by molar-refractivity contribution is 9.10. The van der Waals surface area contributed by atoms with Crippen LogP contribution in [0.2, 0.25) is 0 Å². The van der Waals surface area contributed by atoms with Gasteiger partial charge in [-0.3, -0.25) is 0 Å². The van der Waals surface area contributed by atoms with E-state index in [9.17, 15) is 0 Å². The summed E-state index contributed by atoms with van der Waals surface area (Å²) in [7, 11) is 0. The maximum Gasteiger partial charge on any atom is 0.119 e. The lowest BCUT2D eigenvalue weighted by atomic mass is 9.99. The predicted octanol–water partition coefficient (Wildman–Crippen LogP) is 5.12. The largest absolute Gasteiger partial charge is 0.489 e.